The van der Waals surface area contributed by atoms with E-state index >= 15 is 0 Å². The Kier molecular flexibility index (Phi) is 2.78. The smallest absolute Gasteiger partial charge is 0.141 e. The van der Waals surface area contributed by atoms with Crippen LogP contribution in [-0.4, -0.2) is 17.5 Å². The van der Waals surface area contributed by atoms with E-state index in [9.17, 15) is 9.90 Å². The van der Waals surface area contributed by atoms with Crippen LogP contribution >= 0.6 is 0 Å². The van der Waals surface area contributed by atoms with Crippen molar-refractivity contribution in [3.05, 3.63) is 35.4 Å². The lowest BCUT2D eigenvalue weighted by Crippen LogP contribution is -2.46. The van der Waals surface area contributed by atoms with E-state index < -0.39 is 0 Å². The third-order valence-corrected chi connectivity index (χ3v) is 6.37. The van der Waals surface area contributed by atoms with Crippen molar-refractivity contribution in [1.82, 2.24) is 0 Å². The summed E-state index contributed by atoms with van der Waals surface area (Å²) in [6, 6.07) is 8.84. The molecule has 1 N–H and O–H groups in total. The molecular formula is C18H22O2. The lowest BCUT2D eigenvalue weighted by molar-refractivity contribution is -0.134. The molecule has 0 aromatic heterocycles. The first-order valence-electron chi connectivity index (χ1n) is 7.98. The molecule has 106 valence electrons. The van der Waals surface area contributed by atoms with Crippen molar-refractivity contribution >= 4 is 5.78 Å². The molecule has 3 aliphatic carbocycles. The van der Waals surface area contributed by atoms with Crippen molar-refractivity contribution in [2.24, 2.45) is 17.3 Å². The molecule has 0 radical (unpaired) electrons. The summed E-state index contributed by atoms with van der Waals surface area (Å²) in [4.78, 5) is 12.3. The second-order valence-corrected chi connectivity index (χ2v) is 6.93. The Morgan fingerprint density at radius 3 is 2.85 bits per heavy atom. The number of hydrogen-bond donors (Lipinski definition) is 1. The molecule has 2 nitrogen and oxygen atoms in total. The van der Waals surface area contributed by atoms with Gasteiger partial charge in [0.25, 0.3) is 0 Å². The monoisotopic (exact) mass is 270 g/mol. The van der Waals surface area contributed by atoms with Gasteiger partial charge in [-0.3, -0.25) is 4.79 Å². The molecular weight excluding hydrogens is 248 g/mol. The molecule has 0 spiro atoms. The summed E-state index contributed by atoms with van der Waals surface area (Å²) in [5.41, 5.74) is 2.65. The number of fused-ring (bicyclic) bond motifs is 5. The maximum Gasteiger partial charge on any atom is 0.141 e. The fourth-order valence-corrected chi connectivity index (χ4v) is 5.39. The first kappa shape index (κ1) is 12.6. The van der Waals surface area contributed by atoms with Crippen LogP contribution < -0.4 is 0 Å². The summed E-state index contributed by atoms with van der Waals surface area (Å²) in [6.07, 6.45) is 6.00. The van der Waals surface area contributed by atoms with E-state index in [0.717, 1.165) is 25.7 Å². The number of Topliss-reactive ketones (excluding diaryl/α,β-unsaturated/α-hetero) is 1. The number of ketones is 1. The van der Waals surface area contributed by atoms with E-state index in [1.54, 1.807) is 0 Å². The van der Waals surface area contributed by atoms with Crippen molar-refractivity contribution in [3.8, 4) is 0 Å². The lowest BCUT2D eigenvalue weighted by Gasteiger charge is -2.49. The van der Waals surface area contributed by atoms with Gasteiger partial charge in [0.1, 0.15) is 5.78 Å². The lowest BCUT2D eigenvalue weighted by atomic mass is 9.55. The quantitative estimate of drug-likeness (QED) is 0.851. The van der Waals surface area contributed by atoms with E-state index in [4.69, 9.17) is 0 Å². The van der Waals surface area contributed by atoms with Crippen molar-refractivity contribution in [3.63, 3.8) is 0 Å². The molecule has 0 saturated heterocycles. The number of aryl methyl sites for hydroxylation is 1. The van der Waals surface area contributed by atoms with Crippen LogP contribution in [0, 0.1) is 17.3 Å². The first-order chi connectivity index (χ1) is 9.76. The highest BCUT2D eigenvalue weighted by Crippen LogP contribution is 2.59. The summed E-state index contributed by atoms with van der Waals surface area (Å²) in [6.45, 7) is 0.0708. The fraction of sp³-hybridized carbons (Fsp3) is 0.611. The minimum Gasteiger partial charge on any atom is -0.395 e. The molecule has 2 fully saturated rings. The topological polar surface area (TPSA) is 37.3 Å². The molecule has 0 aliphatic heterocycles. The second kappa shape index (κ2) is 4.42. The SMILES string of the molecule is O=C1CC[C@H]2[C@@H]3CCc4ccccc4[C@H]3CC[C@]12CO. The number of carbonyl (C=O) groups excluding carboxylic acids is 1. The highest BCUT2D eigenvalue weighted by Gasteiger charge is 2.56. The average molecular weight is 270 g/mol. The van der Waals surface area contributed by atoms with Crippen LogP contribution in [0.15, 0.2) is 24.3 Å². The summed E-state index contributed by atoms with van der Waals surface area (Å²) >= 11 is 0. The molecule has 0 amide bonds. The van der Waals surface area contributed by atoms with Gasteiger partial charge >= 0.3 is 0 Å². The van der Waals surface area contributed by atoms with Crippen LogP contribution in [0.4, 0.5) is 0 Å². The molecule has 4 rings (SSSR count). The number of carbonyl (C=O) groups is 1. The van der Waals surface area contributed by atoms with E-state index in [1.165, 1.54) is 17.5 Å². The summed E-state index contributed by atoms with van der Waals surface area (Å²) in [7, 11) is 0. The molecule has 3 aliphatic rings. The molecule has 2 heteroatoms. The van der Waals surface area contributed by atoms with Crippen molar-refractivity contribution in [2.45, 2.75) is 44.4 Å². The maximum absolute atomic E-state index is 12.3. The Labute approximate surface area is 120 Å². The largest absolute Gasteiger partial charge is 0.395 e. The van der Waals surface area contributed by atoms with Gasteiger partial charge in [0.2, 0.25) is 0 Å². The highest BCUT2D eigenvalue weighted by atomic mass is 16.3. The minimum absolute atomic E-state index is 0.0708. The first-order valence-corrected chi connectivity index (χ1v) is 7.98. The number of hydrogen-bond acceptors (Lipinski definition) is 2. The Morgan fingerprint density at radius 1 is 1.15 bits per heavy atom. The zero-order valence-electron chi connectivity index (χ0n) is 11.8. The average Bonchev–Trinajstić information content (AvgIpc) is 2.85. The summed E-state index contributed by atoms with van der Waals surface area (Å²) < 4.78 is 0. The Bertz CT molecular complexity index is 550. The van der Waals surface area contributed by atoms with Gasteiger partial charge in [0.05, 0.1) is 12.0 Å². The van der Waals surface area contributed by atoms with Crippen LogP contribution in [0.2, 0.25) is 0 Å². The number of aliphatic hydroxyl groups is 1. The number of aliphatic hydroxyl groups excluding tert-OH is 1. The van der Waals surface area contributed by atoms with Crippen LogP contribution in [0.25, 0.3) is 0 Å². The van der Waals surface area contributed by atoms with Gasteiger partial charge in [-0.1, -0.05) is 24.3 Å². The summed E-state index contributed by atoms with van der Waals surface area (Å²) in [5, 5.41) is 9.89. The highest BCUT2D eigenvalue weighted by molar-refractivity contribution is 5.87. The van der Waals surface area contributed by atoms with Crippen molar-refractivity contribution in [2.75, 3.05) is 6.61 Å². The molecule has 4 atom stereocenters. The Balaban J connectivity index is 1.73. The van der Waals surface area contributed by atoms with Gasteiger partial charge in [-0.2, -0.15) is 0 Å². The van der Waals surface area contributed by atoms with Crippen LogP contribution in [0.5, 0.6) is 0 Å². The predicted molar refractivity (Wildman–Crippen MR) is 77.5 cm³/mol. The van der Waals surface area contributed by atoms with Gasteiger partial charge in [-0.15, -0.1) is 0 Å². The normalized spacial score (nSPS) is 39.0. The third-order valence-electron chi connectivity index (χ3n) is 6.37. The predicted octanol–water partition coefficient (Wildman–Crippen LogP) is 3.08. The minimum atomic E-state index is -0.381. The molecule has 0 heterocycles. The number of benzene rings is 1. The van der Waals surface area contributed by atoms with E-state index in [-0.39, 0.29) is 12.0 Å². The fourth-order valence-electron chi connectivity index (χ4n) is 5.39. The van der Waals surface area contributed by atoms with Gasteiger partial charge < -0.3 is 5.11 Å². The maximum atomic E-state index is 12.3. The van der Waals surface area contributed by atoms with Crippen molar-refractivity contribution in [1.29, 1.82) is 0 Å². The van der Waals surface area contributed by atoms with E-state index in [0.29, 0.717) is 30.0 Å². The summed E-state index contributed by atoms with van der Waals surface area (Å²) in [5.74, 6) is 1.99. The molecule has 1 aromatic rings. The molecule has 20 heavy (non-hydrogen) atoms. The van der Waals surface area contributed by atoms with E-state index in [1.807, 2.05) is 0 Å². The van der Waals surface area contributed by atoms with Crippen molar-refractivity contribution < 1.29 is 9.90 Å². The Morgan fingerprint density at radius 2 is 2.00 bits per heavy atom. The van der Waals surface area contributed by atoms with Gasteiger partial charge in [0.15, 0.2) is 0 Å². The standard InChI is InChI=1S/C18H22O2/c19-11-18-10-9-14-13-4-2-1-3-12(13)5-6-15(14)16(18)7-8-17(18)20/h1-4,14-16,19H,5-11H2/t14-,15-,16+,18-/m1/s1. The van der Waals surface area contributed by atoms with Crippen LogP contribution in [0.3, 0.4) is 0 Å². The van der Waals surface area contributed by atoms with E-state index in [2.05, 4.69) is 24.3 Å². The van der Waals surface area contributed by atoms with Crippen LogP contribution in [-0.2, 0) is 11.2 Å². The Hall–Kier alpha value is -1.15. The van der Waals surface area contributed by atoms with Gasteiger partial charge in [-0.05, 0) is 61.0 Å². The van der Waals surface area contributed by atoms with Crippen LogP contribution in [0.1, 0.15) is 49.1 Å². The molecule has 0 unspecified atom stereocenters. The zero-order valence-corrected chi connectivity index (χ0v) is 11.8. The third kappa shape index (κ3) is 1.52. The zero-order chi connectivity index (χ0) is 13.7. The second-order valence-electron chi connectivity index (χ2n) is 6.93. The molecule has 1 aromatic carbocycles. The molecule has 2 saturated carbocycles. The van der Waals surface area contributed by atoms with Gasteiger partial charge in [0, 0.05) is 6.42 Å². The van der Waals surface area contributed by atoms with Gasteiger partial charge in [-0.25, -0.2) is 0 Å². The molecule has 0 bridgehead atoms. The number of rotatable bonds is 1.